The fraction of sp³-hybridized carbons (Fsp3) is 0.917. The molecule has 1 aliphatic rings. The molecule has 15 heavy (non-hydrogen) atoms. The second-order valence-corrected chi connectivity index (χ2v) is 4.41. The summed E-state index contributed by atoms with van der Waals surface area (Å²) in [6, 6.07) is 0.518. The summed E-state index contributed by atoms with van der Waals surface area (Å²) in [7, 11) is 0. The van der Waals surface area contributed by atoms with Crippen LogP contribution in [-0.4, -0.2) is 25.0 Å². The molecule has 1 saturated heterocycles. The van der Waals surface area contributed by atoms with Gasteiger partial charge in [0.2, 0.25) is 5.91 Å². The molecule has 1 heterocycles. The van der Waals surface area contributed by atoms with Crippen molar-refractivity contribution in [3.8, 4) is 0 Å². The van der Waals surface area contributed by atoms with E-state index in [1.165, 1.54) is 32.1 Å². The first-order chi connectivity index (χ1) is 7.33. The van der Waals surface area contributed by atoms with Gasteiger partial charge in [0.1, 0.15) is 0 Å². The number of amides is 1. The van der Waals surface area contributed by atoms with E-state index in [4.69, 9.17) is 0 Å². The van der Waals surface area contributed by atoms with Gasteiger partial charge in [-0.3, -0.25) is 4.79 Å². The fourth-order valence-electron chi connectivity index (χ4n) is 1.97. The van der Waals surface area contributed by atoms with Gasteiger partial charge in [-0.1, -0.05) is 26.2 Å². The van der Waals surface area contributed by atoms with Gasteiger partial charge >= 0.3 is 0 Å². The standard InChI is InChI=1S/C12H24N2O/c1-2-3-4-5-8-12(15)14-10-11-7-6-9-13-11/h11,13H,2-10H2,1H3,(H,14,15). The number of carbonyl (C=O) groups is 1. The molecule has 3 nitrogen and oxygen atoms in total. The predicted molar refractivity (Wildman–Crippen MR) is 62.8 cm³/mol. The van der Waals surface area contributed by atoms with Crippen LogP contribution in [0.25, 0.3) is 0 Å². The van der Waals surface area contributed by atoms with Gasteiger partial charge in [-0.05, 0) is 25.8 Å². The normalized spacial score (nSPS) is 20.5. The van der Waals surface area contributed by atoms with E-state index in [1.54, 1.807) is 0 Å². The molecular weight excluding hydrogens is 188 g/mol. The van der Waals surface area contributed by atoms with Crippen molar-refractivity contribution in [2.75, 3.05) is 13.1 Å². The maximum atomic E-state index is 11.4. The number of unbranched alkanes of at least 4 members (excludes halogenated alkanes) is 3. The van der Waals surface area contributed by atoms with Crippen LogP contribution in [0.2, 0.25) is 0 Å². The van der Waals surface area contributed by atoms with E-state index in [9.17, 15) is 4.79 Å². The summed E-state index contributed by atoms with van der Waals surface area (Å²) < 4.78 is 0. The zero-order chi connectivity index (χ0) is 10.9. The van der Waals surface area contributed by atoms with Crippen LogP contribution >= 0.6 is 0 Å². The van der Waals surface area contributed by atoms with Gasteiger partial charge in [0, 0.05) is 19.0 Å². The minimum absolute atomic E-state index is 0.222. The maximum absolute atomic E-state index is 11.4. The molecule has 1 unspecified atom stereocenters. The van der Waals surface area contributed by atoms with Crippen molar-refractivity contribution in [3.63, 3.8) is 0 Å². The summed E-state index contributed by atoms with van der Waals surface area (Å²) in [5.41, 5.74) is 0. The Bertz CT molecular complexity index is 176. The Hall–Kier alpha value is -0.570. The summed E-state index contributed by atoms with van der Waals surface area (Å²) in [5.74, 6) is 0.222. The van der Waals surface area contributed by atoms with Crippen molar-refractivity contribution >= 4 is 5.91 Å². The first-order valence-electron chi connectivity index (χ1n) is 6.33. The average Bonchev–Trinajstić information content (AvgIpc) is 2.74. The smallest absolute Gasteiger partial charge is 0.220 e. The number of carbonyl (C=O) groups excluding carboxylic acids is 1. The Morgan fingerprint density at radius 1 is 1.40 bits per heavy atom. The average molecular weight is 212 g/mol. The summed E-state index contributed by atoms with van der Waals surface area (Å²) in [6.45, 7) is 4.11. The topological polar surface area (TPSA) is 41.1 Å². The minimum Gasteiger partial charge on any atom is -0.355 e. The Balaban J connectivity index is 1.93. The van der Waals surface area contributed by atoms with Gasteiger partial charge in [0.15, 0.2) is 0 Å². The lowest BCUT2D eigenvalue weighted by Gasteiger charge is -2.11. The molecule has 0 radical (unpaired) electrons. The quantitative estimate of drug-likeness (QED) is 0.632. The van der Waals surface area contributed by atoms with Crippen LogP contribution in [0.3, 0.4) is 0 Å². The molecule has 0 bridgehead atoms. The van der Waals surface area contributed by atoms with Crippen LogP contribution < -0.4 is 10.6 Å². The minimum atomic E-state index is 0.222. The Kier molecular flexibility index (Phi) is 6.41. The van der Waals surface area contributed by atoms with E-state index in [0.29, 0.717) is 12.5 Å². The first-order valence-corrected chi connectivity index (χ1v) is 6.33. The lowest BCUT2D eigenvalue weighted by molar-refractivity contribution is -0.121. The Labute approximate surface area is 93.0 Å². The molecule has 1 atom stereocenters. The lowest BCUT2D eigenvalue weighted by atomic mass is 10.1. The molecule has 1 rings (SSSR count). The van der Waals surface area contributed by atoms with Crippen molar-refractivity contribution in [3.05, 3.63) is 0 Å². The van der Waals surface area contributed by atoms with Gasteiger partial charge in [-0.2, -0.15) is 0 Å². The third-order valence-corrected chi connectivity index (χ3v) is 2.97. The van der Waals surface area contributed by atoms with Crippen molar-refractivity contribution < 1.29 is 4.79 Å². The molecule has 1 aliphatic heterocycles. The van der Waals surface area contributed by atoms with Gasteiger partial charge in [0.25, 0.3) is 0 Å². The predicted octanol–water partition coefficient (Wildman–Crippen LogP) is 1.82. The molecule has 1 fully saturated rings. The second kappa shape index (κ2) is 7.69. The molecule has 3 heteroatoms. The third kappa shape index (κ3) is 5.78. The van der Waals surface area contributed by atoms with Gasteiger partial charge in [-0.15, -0.1) is 0 Å². The molecule has 0 aliphatic carbocycles. The number of hydrogen-bond donors (Lipinski definition) is 2. The molecular formula is C12H24N2O. The molecule has 1 amide bonds. The summed E-state index contributed by atoms with van der Waals surface area (Å²) in [5, 5.41) is 6.37. The Morgan fingerprint density at radius 3 is 2.93 bits per heavy atom. The maximum Gasteiger partial charge on any atom is 0.220 e. The van der Waals surface area contributed by atoms with E-state index in [-0.39, 0.29) is 5.91 Å². The van der Waals surface area contributed by atoms with Gasteiger partial charge in [-0.25, -0.2) is 0 Å². The third-order valence-electron chi connectivity index (χ3n) is 2.97. The van der Waals surface area contributed by atoms with E-state index in [0.717, 1.165) is 19.5 Å². The first kappa shape index (κ1) is 12.5. The molecule has 0 spiro atoms. The molecule has 2 N–H and O–H groups in total. The summed E-state index contributed by atoms with van der Waals surface area (Å²) in [4.78, 5) is 11.4. The highest BCUT2D eigenvalue weighted by molar-refractivity contribution is 5.75. The van der Waals surface area contributed by atoms with Crippen LogP contribution in [0.1, 0.15) is 51.9 Å². The van der Waals surface area contributed by atoms with Crippen LogP contribution in [-0.2, 0) is 4.79 Å². The lowest BCUT2D eigenvalue weighted by Crippen LogP contribution is -2.37. The van der Waals surface area contributed by atoms with Crippen molar-refractivity contribution in [2.45, 2.75) is 57.9 Å². The SMILES string of the molecule is CCCCCCC(=O)NCC1CCCN1. The van der Waals surface area contributed by atoms with Crippen LogP contribution in [0, 0.1) is 0 Å². The summed E-state index contributed by atoms with van der Waals surface area (Å²) >= 11 is 0. The van der Waals surface area contributed by atoms with Gasteiger partial charge in [0.05, 0.1) is 0 Å². The van der Waals surface area contributed by atoms with E-state index >= 15 is 0 Å². The monoisotopic (exact) mass is 212 g/mol. The van der Waals surface area contributed by atoms with Crippen molar-refractivity contribution in [1.82, 2.24) is 10.6 Å². The number of rotatable bonds is 7. The molecule has 0 saturated carbocycles. The highest BCUT2D eigenvalue weighted by Crippen LogP contribution is 2.04. The zero-order valence-electron chi connectivity index (χ0n) is 9.85. The summed E-state index contributed by atoms with van der Waals surface area (Å²) in [6.07, 6.45) is 7.86. The zero-order valence-corrected chi connectivity index (χ0v) is 9.85. The van der Waals surface area contributed by atoms with Crippen molar-refractivity contribution in [2.24, 2.45) is 0 Å². The highest BCUT2D eigenvalue weighted by atomic mass is 16.1. The Morgan fingerprint density at radius 2 is 2.27 bits per heavy atom. The van der Waals surface area contributed by atoms with E-state index in [2.05, 4.69) is 17.6 Å². The molecule has 88 valence electrons. The van der Waals surface area contributed by atoms with Crippen molar-refractivity contribution in [1.29, 1.82) is 0 Å². The van der Waals surface area contributed by atoms with E-state index in [1.807, 2.05) is 0 Å². The fourth-order valence-corrected chi connectivity index (χ4v) is 1.97. The number of nitrogens with one attached hydrogen (secondary N) is 2. The molecule has 0 aromatic heterocycles. The second-order valence-electron chi connectivity index (χ2n) is 4.41. The van der Waals surface area contributed by atoms with Crippen LogP contribution in [0.5, 0.6) is 0 Å². The number of hydrogen-bond acceptors (Lipinski definition) is 2. The van der Waals surface area contributed by atoms with Crippen LogP contribution in [0.4, 0.5) is 0 Å². The largest absolute Gasteiger partial charge is 0.355 e. The molecule has 0 aromatic rings. The van der Waals surface area contributed by atoms with E-state index < -0.39 is 0 Å². The molecule has 0 aromatic carbocycles. The van der Waals surface area contributed by atoms with Crippen LogP contribution in [0.15, 0.2) is 0 Å². The highest BCUT2D eigenvalue weighted by Gasteiger charge is 2.14. The van der Waals surface area contributed by atoms with Gasteiger partial charge < -0.3 is 10.6 Å².